The zero-order chi connectivity index (χ0) is 13.9. The first-order valence-corrected chi connectivity index (χ1v) is 6.54. The van der Waals surface area contributed by atoms with Gasteiger partial charge < -0.3 is 15.3 Å². The Bertz CT molecular complexity index is 328. The predicted molar refractivity (Wildman–Crippen MR) is 69.4 cm³/mol. The van der Waals surface area contributed by atoms with E-state index in [0.29, 0.717) is 17.9 Å². The van der Waals surface area contributed by atoms with Crippen molar-refractivity contribution in [1.29, 1.82) is 0 Å². The topological polar surface area (TPSA) is 69.6 Å². The molecule has 18 heavy (non-hydrogen) atoms. The Morgan fingerprint density at radius 1 is 1.50 bits per heavy atom. The molecule has 0 heterocycles. The number of carboxylic acids is 1. The fourth-order valence-corrected chi connectivity index (χ4v) is 2.03. The van der Waals surface area contributed by atoms with Gasteiger partial charge in [0.15, 0.2) is 0 Å². The molecule has 1 rings (SSSR count). The largest absolute Gasteiger partial charge is 0.480 e. The van der Waals surface area contributed by atoms with E-state index in [1.54, 1.807) is 0 Å². The van der Waals surface area contributed by atoms with Crippen LogP contribution in [0.2, 0.25) is 0 Å². The van der Waals surface area contributed by atoms with Gasteiger partial charge in [-0.05, 0) is 31.1 Å². The molecular weight excluding hydrogens is 232 g/mol. The van der Waals surface area contributed by atoms with Crippen LogP contribution >= 0.6 is 0 Å². The second-order valence-electron chi connectivity index (χ2n) is 5.85. The summed E-state index contributed by atoms with van der Waals surface area (Å²) in [5, 5.41) is 11.7. The Morgan fingerprint density at radius 3 is 2.44 bits per heavy atom. The molecule has 0 spiro atoms. The summed E-state index contributed by atoms with van der Waals surface area (Å²) in [7, 11) is 0. The van der Waals surface area contributed by atoms with Crippen molar-refractivity contribution >= 4 is 12.0 Å². The van der Waals surface area contributed by atoms with E-state index in [1.807, 2.05) is 13.8 Å². The van der Waals surface area contributed by atoms with Crippen LogP contribution in [0.5, 0.6) is 0 Å². The number of aliphatic carboxylic acids is 1. The molecule has 2 N–H and O–H groups in total. The Labute approximate surface area is 109 Å². The highest BCUT2D eigenvalue weighted by Gasteiger charge is 2.45. The Morgan fingerprint density at radius 2 is 2.06 bits per heavy atom. The third kappa shape index (κ3) is 3.89. The van der Waals surface area contributed by atoms with Crippen molar-refractivity contribution in [2.24, 2.45) is 11.3 Å². The fourth-order valence-electron chi connectivity index (χ4n) is 2.03. The lowest BCUT2D eigenvalue weighted by atomic mass is 10.1. The van der Waals surface area contributed by atoms with Crippen molar-refractivity contribution in [3.63, 3.8) is 0 Å². The van der Waals surface area contributed by atoms with Crippen LogP contribution in [0.15, 0.2) is 0 Å². The lowest BCUT2D eigenvalue weighted by Crippen LogP contribution is -2.47. The van der Waals surface area contributed by atoms with Gasteiger partial charge in [-0.2, -0.15) is 0 Å². The van der Waals surface area contributed by atoms with Crippen LogP contribution in [-0.4, -0.2) is 41.1 Å². The zero-order valence-corrected chi connectivity index (χ0v) is 11.7. The number of carbonyl (C=O) groups excluding carboxylic acids is 1. The van der Waals surface area contributed by atoms with Gasteiger partial charge in [0, 0.05) is 12.6 Å². The molecule has 5 heteroatoms. The molecule has 1 aliphatic carbocycles. The molecule has 0 aromatic rings. The van der Waals surface area contributed by atoms with Crippen molar-refractivity contribution in [3.8, 4) is 0 Å². The SMILES string of the molecule is CCC(C)N(CC(=O)O)C(=O)NCC1CC1(C)C. The molecule has 2 atom stereocenters. The van der Waals surface area contributed by atoms with Crippen LogP contribution in [0.3, 0.4) is 0 Å². The summed E-state index contributed by atoms with van der Waals surface area (Å²) < 4.78 is 0. The summed E-state index contributed by atoms with van der Waals surface area (Å²) in [6.07, 6.45) is 1.87. The smallest absolute Gasteiger partial charge is 0.323 e. The van der Waals surface area contributed by atoms with Crippen LogP contribution in [0, 0.1) is 11.3 Å². The number of nitrogens with one attached hydrogen (secondary N) is 1. The van der Waals surface area contributed by atoms with E-state index in [-0.39, 0.29) is 18.6 Å². The van der Waals surface area contributed by atoms with Gasteiger partial charge in [-0.25, -0.2) is 4.79 Å². The number of hydrogen-bond acceptors (Lipinski definition) is 2. The van der Waals surface area contributed by atoms with Crippen LogP contribution in [-0.2, 0) is 4.79 Å². The summed E-state index contributed by atoms with van der Waals surface area (Å²) in [5.74, 6) is -0.456. The minimum absolute atomic E-state index is 0.0617. The molecule has 0 aromatic heterocycles. The van der Waals surface area contributed by atoms with Crippen LogP contribution < -0.4 is 5.32 Å². The Kier molecular flexibility index (Phi) is 4.59. The van der Waals surface area contributed by atoms with Crippen LogP contribution in [0.1, 0.15) is 40.5 Å². The number of amides is 2. The molecule has 0 radical (unpaired) electrons. The molecule has 0 saturated heterocycles. The zero-order valence-electron chi connectivity index (χ0n) is 11.7. The van der Waals surface area contributed by atoms with E-state index in [2.05, 4.69) is 19.2 Å². The lowest BCUT2D eigenvalue weighted by molar-refractivity contribution is -0.138. The molecule has 2 amide bonds. The van der Waals surface area contributed by atoms with E-state index < -0.39 is 5.97 Å². The monoisotopic (exact) mass is 256 g/mol. The molecule has 2 unspecified atom stereocenters. The van der Waals surface area contributed by atoms with Crippen molar-refractivity contribution in [2.75, 3.05) is 13.1 Å². The van der Waals surface area contributed by atoms with E-state index in [0.717, 1.165) is 12.8 Å². The molecule has 1 fully saturated rings. The maximum atomic E-state index is 12.0. The standard InChI is InChI=1S/C13H24N2O3/c1-5-9(2)15(8-11(16)17)12(18)14-7-10-6-13(10,3)4/h9-10H,5-8H2,1-4H3,(H,14,18)(H,16,17). The molecular formula is C13H24N2O3. The highest BCUT2D eigenvalue weighted by Crippen LogP contribution is 2.50. The lowest BCUT2D eigenvalue weighted by Gasteiger charge is -2.27. The highest BCUT2D eigenvalue weighted by atomic mass is 16.4. The average Bonchev–Trinajstić information content (AvgIpc) is 2.89. The third-order valence-corrected chi connectivity index (χ3v) is 3.91. The van der Waals surface area contributed by atoms with Gasteiger partial charge in [0.05, 0.1) is 0 Å². The number of rotatable bonds is 6. The summed E-state index contributed by atoms with van der Waals surface area (Å²) >= 11 is 0. The Balaban J connectivity index is 2.46. The van der Waals surface area contributed by atoms with Crippen molar-refractivity contribution in [1.82, 2.24) is 10.2 Å². The maximum Gasteiger partial charge on any atom is 0.323 e. The second kappa shape index (κ2) is 5.59. The summed E-state index contributed by atoms with van der Waals surface area (Å²) in [4.78, 5) is 24.1. The molecule has 1 aliphatic rings. The van der Waals surface area contributed by atoms with E-state index in [1.165, 1.54) is 4.90 Å². The minimum atomic E-state index is -0.975. The van der Waals surface area contributed by atoms with Gasteiger partial charge >= 0.3 is 12.0 Å². The van der Waals surface area contributed by atoms with Crippen LogP contribution in [0.4, 0.5) is 4.79 Å². The fraction of sp³-hybridized carbons (Fsp3) is 0.846. The van der Waals surface area contributed by atoms with Gasteiger partial charge in [0.1, 0.15) is 6.54 Å². The van der Waals surface area contributed by atoms with Gasteiger partial charge in [0.2, 0.25) is 0 Å². The van der Waals surface area contributed by atoms with Crippen molar-refractivity contribution < 1.29 is 14.7 Å². The number of carbonyl (C=O) groups is 2. The van der Waals surface area contributed by atoms with Gasteiger partial charge in [-0.1, -0.05) is 20.8 Å². The molecule has 5 nitrogen and oxygen atoms in total. The minimum Gasteiger partial charge on any atom is -0.480 e. The van der Waals surface area contributed by atoms with Gasteiger partial charge in [-0.15, -0.1) is 0 Å². The molecule has 0 aromatic carbocycles. The normalized spacial score (nSPS) is 22.1. The quantitative estimate of drug-likeness (QED) is 0.763. The number of nitrogens with zero attached hydrogens (tertiary/aromatic N) is 1. The predicted octanol–water partition coefficient (Wildman–Crippen LogP) is 1.93. The maximum absolute atomic E-state index is 12.0. The van der Waals surface area contributed by atoms with Crippen molar-refractivity contribution in [2.45, 2.75) is 46.6 Å². The third-order valence-electron chi connectivity index (χ3n) is 3.91. The Hall–Kier alpha value is -1.26. The summed E-state index contributed by atoms with van der Waals surface area (Å²) in [6, 6.07) is -0.331. The molecule has 104 valence electrons. The van der Waals surface area contributed by atoms with Crippen LogP contribution in [0.25, 0.3) is 0 Å². The summed E-state index contributed by atoms with van der Waals surface area (Å²) in [5.41, 5.74) is 0.321. The second-order valence-corrected chi connectivity index (χ2v) is 5.85. The highest BCUT2D eigenvalue weighted by molar-refractivity contribution is 5.80. The van der Waals surface area contributed by atoms with Crippen molar-refractivity contribution in [3.05, 3.63) is 0 Å². The van der Waals surface area contributed by atoms with E-state index in [9.17, 15) is 9.59 Å². The number of urea groups is 1. The average molecular weight is 256 g/mol. The van der Waals surface area contributed by atoms with E-state index in [4.69, 9.17) is 5.11 Å². The first-order valence-electron chi connectivity index (χ1n) is 6.54. The van der Waals surface area contributed by atoms with E-state index >= 15 is 0 Å². The number of hydrogen-bond donors (Lipinski definition) is 2. The summed E-state index contributed by atoms with van der Waals surface area (Å²) in [6.45, 7) is 8.55. The van der Waals surface area contributed by atoms with Gasteiger partial charge in [0.25, 0.3) is 0 Å². The number of carboxylic acid groups (broad SMARTS) is 1. The first-order chi connectivity index (χ1) is 8.27. The molecule has 0 aliphatic heterocycles. The first kappa shape index (κ1) is 14.8. The van der Waals surface area contributed by atoms with Gasteiger partial charge in [-0.3, -0.25) is 4.79 Å². The molecule has 1 saturated carbocycles. The molecule has 0 bridgehead atoms.